The van der Waals surface area contributed by atoms with Crippen LogP contribution < -0.4 is 0 Å². The van der Waals surface area contributed by atoms with E-state index in [1.807, 2.05) is 0 Å². The van der Waals surface area contributed by atoms with Crippen molar-refractivity contribution in [2.24, 2.45) is 0 Å². The van der Waals surface area contributed by atoms with Crippen LogP contribution in [0.15, 0.2) is 0 Å². The molecule has 1 unspecified atom stereocenters. The summed E-state index contributed by atoms with van der Waals surface area (Å²) in [5, 5.41) is 19.0. The second-order valence-corrected chi connectivity index (χ2v) is 7.28. The van der Waals surface area contributed by atoms with Gasteiger partial charge in [0.25, 0.3) is 0 Å². The maximum Gasteiger partial charge on any atom is 0.303 e. The molecule has 0 saturated heterocycles. The summed E-state index contributed by atoms with van der Waals surface area (Å²) in [6.45, 7) is 3.23. The Bertz CT molecular complexity index is 294. The summed E-state index contributed by atoms with van der Waals surface area (Å²) in [5.41, 5.74) is 0. The van der Waals surface area contributed by atoms with Crippen LogP contribution in [0.4, 0.5) is 0 Å². The standard InChI is InChI=1S/C21H42O4/c1-3-4-5-6-7-8-9-10-11-12-13-14-15-16-17-20(24)21(18-22)25-19(2)23/h20-22,24H,3-18H2,1-2H3/t20?,21-/m0/s1. The van der Waals surface area contributed by atoms with Crippen molar-refractivity contribution in [3.05, 3.63) is 0 Å². The first kappa shape index (κ1) is 24.4. The van der Waals surface area contributed by atoms with Crippen molar-refractivity contribution in [3.8, 4) is 0 Å². The van der Waals surface area contributed by atoms with E-state index in [0.29, 0.717) is 6.42 Å². The van der Waals surface area contributed by atoms with Crippen LogP contribution in [0.2, 0.25) is 0 Å². The fraction of sp³-hybridized carbons (Fsp3) is 0.952. The van der Waals surface area contributed by atoms with Gasteiger partial charge in [-0.25, -0.2) is 0 Å². The van der Waals surface area contributed by atoms with E-state index in [-0.39, 0.29) is 6.61 Å². The second-order valence-electron chi connectivity index (χ2n) is 7.28. The molecule has 0 aromatic carbocycles. The number of hydrogen-bond acceptors (Lipinski definition) is 4. The molecule has 150 valence electrons. The Morgan fingerprint density at radius 3 is 1.56 bits per heavy atom. The molecule has 0 aromatic rings. The highest BCUT2D eigenvalue weighted by molar-refractivity contribution is 5.66. The average molecular weight is 359 g/mol. The van der Waals surface area contributed by atoms with Crippen LogP contribution in [-0.2, 0) is 9.53 Å². The fourth-order valence-corrected chi connectivity index (χ4v) is 3.18. The van der Waals surface area contributed by atoms with E-state index in [4.69, 9.17) is 9.84 Å². The van der Waals surface area contributed by atoms with Gasteiger partial charge >= 0.3 is 5.97 Å². The number of ether oxygens (including phenoxy) is 1. The third-order valence-electron chi connectivity index (χ3n) is 4.78. The Morgan fingerprint density at radius 2 is 1.20 bits per heavy atom. The summed E-state index contributed by atoms with van der Waals surface area (Å²) in [6.07, 6.45) is 17.3. The van der Waals surface area contributed by atoms with E-state index >= 15 is 0 Å². The van der Waals surface area contributed by atoms with Gasteiger partial charge in [0.15, 0.2) is 6.10 Å². The molecule has 0 aliphatic heterocycles. The lowest BCUT2D eigenvalue weighted by Gasteiger charge is -2.20. The van der Waals surface area contributed by atoms with Crippen LogP contribution in [0, 0.1) is 0 Å². The smallest absolute Gasteiger partial charge is 0.303 e. The van der Waals surface area contributed by atoms with Gasteiger partial charge in [0, 0.05) is 6.92 Å². The zero-order valence-corrected chi connectivity index (χ0v) is 16.7. The number of rotatable bonds is 18. The summed E-state index contributed by atoms with van der Waals surface area (Å²) in [7, 11) is 0. The van der Waals surface area contributed by atoms with Crippen molar-refractivity contribution < 1.29 is 19.7 Å². The van der Waals surface area contributed by atoms with Gasteiger partial charge in [0.05, 0.1) is 12.7 Å². The molecule has 0 aliphatic carbocycles. The number of aliphatic hydroxyl groups is 2. The molecule has 0 heterocycles. The summed E-state index contributed by atoms with van der Waals surface area (Å²) in [6, 6.07) is 0. The minimum Gasteiger partial charge on any atom is -0.457 e. The number of carbonyl (C=O) groups excluding carboxylic acids is 1. The molecule has 0 aromatic heterocycles. The number of hydrogen-bond donors (Lipinski definition) is 2. The van der Waals surface area contributed by atoms with E-state index < -0.39 is 18.2 Å². The minimum absolute atomic E-state index is 0.320. The summed E-state index contributed by atoms with van der Waals surface area (Å²) < 4.78 is 4.89. The van der Waals surface area contributed by atoms with Crippen LogP contribution in [0.3, 0.4) is 0 Å². The summed E-state index contributed by atoms with van der Waals surface area (Å²) in [5.74, 6) is -0.459. The zero-order chi connectivity index (χ0) is 18.8. The number of unbranched alkanes of at least 4 members (excludes halogenated alkanes) is 13. The SMILES string of the molecule is CCCCCCCCCCCCCCCCC(O)[C@H](CO)OC(C)=O. The van der Waals surface area contributed by atoms with Crippen molar-refractivity contribution in [1.82, 2.24) is 0 Å². The summed E-state index contributed by atoms with van der Waals surface area (Å²) >= 11 is 0. The van der Waals surface area contributed by atoms with Crippen LogP contribution in [-0.4, -0.2) is 35.0 Å². The van der Waals surface area contributed by atoms with Crippen LogP contribution in [0.1, 0.15) is 110 Å². The number of carbonyl (C=O) groups is 1. The molecule has 0 saturated carbocycles. The maximum absolute atomic E-state index is 10.9. The average Bonchev–Trinajstić information content (AvgIpc) is 2.59. The number of aliphatic hydroxyl groups excluding tert-OH is 2. The Morgan fingerprint density at radius 1 is 0.800 bits per heavy atom. The lowest BCUT2D eigenvalue weighted by Crippen LogP contribution is -2.33. The summed E-state index contributed by atoms with van der Waals surface area (Å²) in [4.78, 5) is 10.9. The Labute approximate surface area is 155 Å². The van der Waals surface area contributed by atoms with Gasteiger partial charge in [0.1, 0.15) is 0 Å². The molecule has 4 heteroatoms. The minimum atomic E-state index is -0.778. The third kappa shape index (κ3) is 16.6. The molecule has 2 N–H and O–H groups in total. The molecule has 0 rings (SSSR count). The lowest BCUT2D eigenvalue weighted by molar-refractivity contribution is -0.155. The van der Waals surface area contributed by atoms with Gasteiger partial charge < -0.3 is 14.9 Å². The van der Waals surface area contributed by atoms with Crippen LogP contribution >= 0.6 is 0 Å². The van der Waals surface area contributed by atoms with Crippen molar-refractivity contribution >= 4 is 5.97 Å². The van der Waals surface area contributed by atoms with Gasteiger partial charge in [-0.2, -0.15) is 0 Å². The highest BCUT2D eigenvalue weighted by atomic mass is 16.6. The molecule has 0 aliphatic rings. The molecule has 0 amide bonds. The van der Waals surface area contributed by atoms with E-state index in [0.717, 1.165) is 12.8 Å². The van der Waals surface area contributed by atoms with Gasteiger partial charge in [-0.1, -0.05) is 96.8 Å². The highest BCUT2D eigenvalue weighted by Gasteiger charge is 2.20. The number of esters is 1. The first-order valence-corrected chi connectivity index (χ1v) is 10.6. The van der Waals surface area contributed by atoms with Gasteiger partial charge in [-0.15, -0.1) is 0 Å². The van der Waals surface area contributed by atoms with E-state index in [1.54, 1.807) is 0 Å². The molecule has 0 radical (unpaired) electrons. The molecule has 0 fully saturated rings. The zero-order valence-electron chi connectivity index (χ0n) is 16.7. The van der Waals surface area contributed by atoms with Gasteiger partial charge in [-0.3, -0.25) is 4.79 Å². The normalized spacial score (nSPS) is 13.6. The topological polar surface area (TPSA) is 66.8 Å². The molecule has 0 bridgehead atoms. The monoisotopic (exact) mass is 358 g/mol. The third-order valence-corrected chi connectivity index (χ3v) is 4.78. The molecule has 0 spiro atoms. The molecular weight excluding hydrogens is 316 g/mol. The largest absolute Gasteiger partial charge is 0.457 e. The Kier molecular flexibility index (Phi) is 17.7. The lowest BCUT2D eigenvalue weighted by atomic mass is 10.0. The van der Waals surface area contributed by atoms with E-state index in [9.17, 15) is 9.90 Å². The van der Waals surface area contributed by atoms with E-state index in [1.165, 1.54) is 84.0 Å². The molecule has 2 atom stereocenters. The van der Waals surface area contributed by atoms with Gasteiger partial charge in [0.2, 0.25) is 0 Å². The Hall–Kier alpha value is -0.610. The second kappa shape index (κ2) is 18.2. The molecular formula is C21H42O4. The van der Waals surface area contributed by atoms with E-state index in [2.05, 4.69) is 6.92 Å². The van der Waals surface area contributed by atoms with Gasteiger partial charge in [-0.05, 0) is 6.42 Å². The maximum atomic E-state index is 10.9. The first-order valence-electron chi connectivity index (χ1n) is 10.6. The predicted molar refractivity (Wildman–Crippen MR) is 104 cm³/mol. The van der Waals surface area contributed by atoms with Crippen molar-refractivity contribution in [2.45, 2.75) is 122 Å². The fourth-order valence-electron chi connectivity index (χ4n) is 3.18. The van der Waals surface area contributed by atoms with Crippen LogP contribution in [0.5, 0.6) is 0 Å². The van der Waals surface area contributed by atoms with Crippen molar-refractivity contribution in [2.75, 3.05) is 6.61 Å². The van der Waals surface area contributed by atoms with Crippen molar-refractivity contribution in [3.63, 3.8) is 0 Å². The molecule has 4 nitrogen and oxygen atoms in total. The quantitative estimate of drug-likeness (QED) is 0.263. The predicted octanol–water partition coefficient (Wildman–Crippen LogP) is 5.14. The molecule has 25 heavy (non-hydrogen) atoms. The first-order chi connectivity index (χ1) is 12.1. The van der Waals surface area contributed by atoms with Crippen molar-refractivity contribution in [1.29, 1.82) is 0 Å². The Balaban J connectivity index is 3.31. The highest BCUT2D eigenvalue weighted by Crippen LogP contribution is 2.14. The van der Waals surface area contributed by atoms with Crippen LogP contribution in [0.25, 0.3) is 0 Å².